The van der Waals surface area contributed by atoms with Gasteiger partial charge in [-0.2, -0.15) is 13.2 Å². The van der Waals surface area contributed by atoms with Crippen molar-refractivity contribution in [2.24, 2.45) is 0 Å². The second-order valence-corrected chi connectivity index (χ2v) is 4.80. The van der Waals surface area contributed by atoms with Crippen molar-refractivity contribution >= 4 is 11.8 Å². The van der Waals surface area contributed by atoms with Crippen LogP contribution in [0.2, 0.25) is 0 Å². The van der Waals surface area contributed by atoms with Crippen LogP contribution in [-0.2, 0) is 9.53 Å². The number of benzene rings is 1. The normalized spacial score (nSPS) is 11.5. The van der Waals surface area contributed by atoms with Crippen molar-refractivity contribution in [1.82, 2.24) is 4.90 Å². The summed E-state index contributed by atoms with van der Waals surface area (Å²) >= 11 is 0. The third kappa shape index (κ3) is 4.91. The minimum absolute atomic E-state index is 0.114. The Labute approximate surface area is 139 Å². The minimum Gasteiger partial charge on any atom is -0.462 e. The fraction of sp³-hybridized carbons (Fsp3) is 0.333. The zero-order valence-electron chi connectivity index (χ0n) is 13.4. The molecule has 1 aromatic carbocycles. The largest absolute Gasteiger partial charge is 0.462 e. The number of carbonyl (C=O) groups is 2. The molecule has 5 nitrogen and oxygen atoms in total. The van der Waals surface area contributed by atoms with Crippen molar-refractivity contribution in [2.75, 3.05) is 20.7 Å². The van der Waals surface area contributed by atoms with Gasteiger partial charge in [0.2, 0.25) is 17.3 Å². The van der Waals surface area contributed by atoms with Crippen LogP contribution in [0.4, 0.5) is 22.0 Å². The van der Waals surface area contributed by atoms with Crippen LogP contribution in [0, 0.1) is 17.5 Å². The first kappa shape index (κ1) is 20.4. The minimum atomic E-state index is -3.66. The van der Waals surface area contributed by atoms with E-state index in [0.717, 1.165) is 6.20 Å². The average Bonchev–Trinajstić information content (AvgIpc) is 2.51. The molecule has 0 aliphatic carbocycles. The predicted octanol–water partition coefficient (Wildman–Crippen LogP) is 2.90. The molecule has 0 saturated carbocycles. The van der Waals surface area contributed by atoms with E-state index in [1.165, 1.54) is 25.9 Å². The van der Waals surface area contributed by atoms with E-state index >= 15 is 0 Å². The lowest BCUT2D eigenvalue weighted by Gasteiger charge is -2.13. The molecule has 1 rings (SSSR count). The van der Waals surface area contributed by atoms with E-state index in [-0.39, 0.29) is 12.7 Å². The highest BCUT2D eigenvalue weighted by Crippen LogP contribution is 2.30. The molecule has 0 amide bonds. The lowest BCUT2D eigenvalue weighted by molar-refractivity contribution is -0.138. The van der Waals surface area contributed by atoms with Gasteiger partial charge < -0.3 is 14.4 Å². The zero-order valence-corrected chi connectivity index (χ0v) is 13.4. The molecule has 0 radical (unpaired) electrons. The fourth-order valence-corrected chi connectivity index (χ4v) is 1.75. The number of alkyl halides is 2. The average molecular weight is 367 g/mol. The van der Waals surface area contributed by atoms with E-state index in [9.17, 15) is 31.5 Å². The molecule has 0 saturated heterocycles. The van der Waals surface area contributed by atoms with E-state index in [1.807, 2.05) is 0 Å². The number of ether oxygens (including phenoxy) is 2. The summed E-state index contributed by atoms with van der Waals surface area (Å²) in [5.41, 5.74) is -1.87. The van der Waals surface area contributed by atoms with Gasteiger partial charge in [-0.3, -0.25) is 4.79 Å². The van der Waals surface area contributed by atoms with Crippen molar-refractivity contribution in [3.8, 4) is 5.75 Å². The van der Waals surface area contributed by atoms with Crippen LogP contribution in [0.15, 0.2) is 17.8 Å². The summed E-state index contributed by atoms with van der Waals surface area (Å²) in [4.78, 5) is 25.4. The molecule has 0 aliphatic rings. The summed E-state index contributed by atoms with van der Waals surface area (Å²) in [6.45, 7) is -2.32. The number of Topliss-reactive ketones (excluding diaryl/α,β-unsaturated/α-hetero) is 1. The maximum Gasteiger partial charge on any atom is 0.387 e. The molecular weight excluding hydrogens is 353 g/mol. The molecular formula is C15H14F5NO4. The smallest absolute Gasteiger partial charge is 0.387 e. The molecule has 0 unspecified atom stereocenters. The summed E-state index contributed by atoms with van der Waals surface area (Å²) < 4.78 is 73.9. The van der Waals surface area contributed by atoms with E-state index in [1.54, 1.807) is 0 Å². The van der Waals surface area contributed by atoms with Crippen molar-refractivity contribution < 1.29 is 41.0 Å². The zero-order chi connectivity index (χ0) is 19.3. The molecule has 0 spiro atoms. The van der Waals surface area contributed by atoms with E-state index < -0.39 is 52.7 Å². The predicted molar refractivity (Wildman–Crippen MR) is 75.7 cm³/mol. The first-order chi connectivity index (χ1) is 11.6. The molecule has 0 heterocycles. The lowest BCUT2D eigenvalue weighted by Crippen LogP contribution is -2.21. The molecule has 0 aromatic heterocycles. The van der Waals surface area contributed by atoms with Crippen LogP contribution < -0.4 is 4.74 Å². The first-order valence-electron chi connectivity index (χ1n) is 6.82. The van der Waals surface area contributed by atoms with Crippen LogP contribution in [0.3, 0.4) is 0 Å². The highest BCUT2D eigenvalue weighted by Gasteiger charge is 2.30. The summed E-state index contributed by atoms with van der Waals surface area (Å²) in [7, 11) is 2.86. The van der Waals surface area contributed by atoms with Gasteiger partial charge in [-0.15, -0.1) is 0 Å². The number of esters is 1. The molecule has 25 heavy (non-hydrogen) atoms. The van der Waals surface area contributed by atoms with Gasteiger partial charge >= 0.3 is 12.6 Å². The monoisotopic (exact) mass is 367 g/mol. The van der Waals surface area contributed by atoms with Gasteiger partial charge in [0, 0.05) is 20.3 Å². The molecule has 0 fully saturated rings. The summed E-state index contributed by atoms with van der Waals surface area (Å²) in [5.74, 6) is -9.98. The van der Waals surface area contributed by atoms with Gasteiger partial charge in [-0.25, -0.2) is 13.6 Å². The van der Waals surface area contributed by atoms with E-state index in [0.29, 0.717) is 0 Å². The molecule has 138 valence electrons. The Morgan fingerprint density at radius 1 is 1.20 bits per heavy atom. The Kier molecular flexibility index (Phi) is 6.89. The van der Waals surface area contributed by atoms with Crippen molar-refractivity contribution in [1.29, 1.82) is 0 Å². The Hall–Kier alpha value is -2.65. The van der Waals surface area contributed by atoms with Crippen LogP contribution in [-0.4, -0.2) is 44.0 Å². The SMILES string of the molecule is CCOC(=O)C(=CN(C)C)C(=O)c1cc(F)c(F)c(OC(F)F)c1F. The first-order valence-corrected chi connectivity index (χ1v) is 6.82. The maximum atomic E-state index is 14.2. The summed E-state index contributed by atoms with van der Waals surface area (Å²) in [5, 5.41) is 0. The molecule has 0 aliphatic heterocycles. The van der Waals surface area contributed by atoms with Crippen LogP contribution in [0.5, 0.6) is 5.75 Å². The highest BCUT2D eigenvalue weighted by atomic mass is 19.3. The van der Waals surface area contributed by atoms with Gasteiger partial charge in [0.1, 0.15) is 5.57 Å². The number of hydrogen-bond donors (Lipinski definition) is 0. The third-order valence-corrected chi connectivity index (χ3v) is 2.69. The van der Waals surface area contributed by atoms with E-state index in [4.69, 9.17) is 0 Å². The second-order valence-electron chi connectivity index (χ2n) is 4.80. The number of hydrogen-bond acceptors (Lipinski definition) is 5. The Balaban J connectivity index is 3.49. The van der Waals surface area contributed by atoms with Gasteiger partial charge in [0.15, 0.2) is 11.6 Å². The number of carbonyl (C=O) groups excluding carboxylic acids is 2. The quantitative estimate of drug-likeness (QED) is 0.141. The molecule has 0 N–H and O–H groups in total. The Morgan fingerprint density at radius 3 is 2.28 bits per heavy atom. The van der Waals surface area contributed by atoms with Crippen molar-refractivity contribution in [2.45, 2.75) is 13.5 Å². The van der Waals surface area contributed by atoms with Crippen LogP contribution >= 0.6 is 0 Å². The Bertz CT molecular complexity index is 704. The van der Waals surface area contributed by atoms with Crippen LogP contribution in [0.25, 0.3) is 0 Å². The van der Waals surface area contributed by atoms with Gasteiger partial charge in [0.25, 0.3) is 0 Å². The molecule has 0 bridgehead atoms. The molecule has 0 atom stereocenters. The Morgan fingerprint density at radius 2 is 1.80 bits per heavy atom. The van der Waals surface area contributed by atoms with Gasteiger partial charge in [0.05, 0.1) is 12.2 Å². The fourth-order valence-electron chi connectivity index (χ4n) is 1.75. The number of nitrogens with zero attached hydrogens (tertiary/aromatic N) is 1. The summed E-state index contributed by atoms with van der Waals surface area (Å²) in [6, 6.07) is 0.147. The van der Waals surface area contributed by atoms with Crippen molar-refractivity contribution in [3.05, 3.63) is 40.9 Å². The van der Waals surface area contributed by atoms with Crippen LogP contribution in [0.1, 0.15) is 17.3 Å². The number of halogens is 5. The van der Waals surface area contributed by atoms with Crippen molar-refractivity contribution in [3.63, 3.8) is 0 Å². The second kappa shape index (κ2) is 8.45. The maximum absolute atomic E-state index is 14.2. The molecule has 1 aromatic rings. The third-order valence-electron chi connectivity index (χ3n) is 2.69. The standard InChI is InChI=1S/C15H14F5NO4/c1-4-24-14(23)8(6-21(2)3)12(22)7-5-9(16)11(18)13(10(7)17)25-15(19)20/h5-6,15H,4H2,1-3H3. The molecule has 10 heteroatoms. The van der Waals surface area contributed by atoms with Gasteiger partial charge in [-0.1, -0.05) is 0 Å². The summed E-state index contributed by atoms with van der Waals surface area (Å²) in [6.07, 6.45) is 0.967. The number of rotatable bonds is 7. The topological polar surface area (TPSA) is 55.8 Å². The number of ketones is 1. The van der Waals surface area contributed by atoms with Gasteiger partial charge in [-0.05, 0) is 13.0 Å². The van der Waals surface area contributed by atoms with E-state index in [2.05, 4.69) is 9.47 Å². The lowest BCUT2D eigenvalue weighted by atomic mass is 10.0. The highest BCUT2D eigenvalue weighted by molar-refractivity contribution is 6.24.